The monoisotopic (exact) mass is 400 g/mol. The van der Waals surface area contributed by atoms with Crippen LogP contribution in [0.25, 0.3) is 11.2 Å². The van der Waals surface area contributed by atoms with E-state index in [1.165, 1.54) is 16.2 Å². The number of aryl methyl sites for hydroxylation is 1. The molecule has 1 unspecified atom stereocenters. The normalized spacial score (nSPS) is 12.7. The predicted octanol–water partition coefficient (Wildman–Crippen LogP) is 0.917. The second kappa shape index (κ2) is 8.74. The SMILES string of the molecule is CC(C)C=NNc1nc2c(c(=O)[nH]c(=O)n2C)n1CC(O)COc1ccccc1. The van der Waals surface area contributed by atoms with Crippen molar-refractivity contribution in [3.8, 4) is 5.75 Å². The van der Waals surface area contributed by atoms with Crippen LogP contribution in [0.5, 0.6) is 5.75 Å². The number of para-hydroxylation sites is 1. The molecular weight excluding hydrogens is 376 g/mol. The maximum atomic E-state index is 12.4. The van der Waals surface area contributed by atoms with Gasteiger partial charge in [0.05, 0.1) is 6.54 Å². The number of H-pyrrole nitrogens is 1. The Hall–Kier alpha value is -3.40. The number of rotatable bonds is 8. The van der Waals surface area contributed by atoms with Crippen LogP contribution in [0.1, 0.15) is 13.8 Å². The summed E-state index contributed by atoms with van der Waals surface area (Å²) in [5, 5.41) is 14.6. The Balaban J connectivity index is 1.92. The summed E-state index contributed by atoms with van der Waals surface area (Å²) in [6.07, 6.45) is 0.751. The van der Waals surface area contributed by atoms with Crippen LogP contribution in [0, 0.1) is 5.92 Å². The molecule has 0 aliphatic rings. The number of imidazole rings is 1. The molecule has 0 spiro atoms. The van der Waals surface area contributed by atoms with Crippen LogP contribution in [0.2, 0.25) is 0 Å². The third kappa shape index (κ3) is 4.72. The fourth-order valence-corrected chi connectivity index (χ4v) is 2.71. The fourth-order valence-electron chi connectivity index (χ4n) is 2.71. The Kier molecular flexibility index (Phi) is 6.13. The molecule has 0 radical (unpaired) electrons. The molecular formula is C19H24N6O4. The predicted molar refractivity (Wildman–Crippen MR) is 110 cm³/mol. The molecule has 0 saturated heterocycles. The van der Waals surface area contributed by atoms with Gasteiger partial charge >= 0.3 is 5.69 Å². The molecule has 10 heteroatoms. The number of aliphatic hydroxyl groups excluding tert-OH is 1. The van der Waals surface area contributed by atoms with E-state index in [9.17, 15) is 14.7 Å². The molecule has 1 atom stereocenters. The number of hydrogen-bond acceptors (Lipinski definition) is 7. The van der Waals surface area contributed by atoms with Crippen LogP contribution >= 0.6 is 0 Å². The Labute approximate surface area is 166 Å². The number of nitrogens with zero attached hydrogens (tertiary/aromatic N) is 4. The van der Waals surface area contributed by atoms with Crippen LogP contribution < -0.4 is 21.4 Å². The first-order chi connectivity index (χ1) is 13.9. The Morgan fingerprint density at radius 3 is 2.72 bits per heavy atom. The van der Waals surface area contributed by atoms with Gasteiger partial charge in [0.2, 0.25) is 5.95 Å². The molecule has 0 amide bonds. The molecule has 0 saturated carbocycles. The third-order valence-electron chi connectivity index (χ3n) is 4.12. The molecule has 3 aromatic rings. The largest absolute Gasteiger partial charge is 0.491 e. The van der Waals surface area contributed by atoms with Crippen molar-refractivity contribution < 1.29 is 9.84 Å². The standard InChI is InChI=1S/C19H24N6O4/c1-12(2)9-20-23-18-21-16-15(17(27)22-19(28)24(16)3)25(18)10-13(26)11-29-14-7-5-4-6-8-14/h4-9,12-13,26H,10-11H2,1-3H3,(H,21,23)(H,22,27,28). The summed E-state index contributed by atoms with van der Waals surface area (Å²) >= 11 is 0. The van der Waals surface area contributed by atoms with E-state index in [2.05, 4.69) is 20.5 Å². The summed E-state index contributed by atoms with van der Waals surface area (Å²) < 4.78 is 8.30. The Morgan fingerprint density at radius 1 is 1.31 bits per heavy atom. The molecule has 0 aliphatic heterocycles. The zero-order valence-corrected chi connectivity index (χ0v) is 16.5. The minimum absolute atomic E-state index is 0.0159. The highest BCUT2D eigenvalue weighted by Crippen LogP contribution is 2.17. The minimum Gasteiger partial charge on any atom is -0.491 e. The first-order valence-electron chi connectivity index (χ1n) is 9.21. The lowest BCUT2D eigenvalue weighted by molar-refractivity contribution is 0.0938. The number of aromatic amines is 1. The summed E-state index contributed by atoms with van der Waals surface area (Å²) in [4.78, 5) is 30.9. The van der Waals surface area contributed by atoms with E-state index in [0.29, 0.717) is 5.75 Å². The number of aliphatic hydroxyl groups is 1. The Morgan fingerprint density at radius 2 is 2.03 bits per heavy atom. The van der Waals surface area contributed by atoms with E-state index < -0.39 is 17.4 Å². The molecule has 10 nitrogen and oxygen atoms in total. The number of hydrazone groups is 1. The third-order valence-corrected chi connectivity index (χ3v) is 4.12. The number of ether oxygens (including phenoxy) is 1. The second-order valence-corrected chi connectivity index (χ2v) is 6.95. The maximum Gasteiger partial charge on any atom is 0.329 e. The van der Waals surface area contributed by atoms with Crippen LogP contribution in [0.3, 0.4) is 0 Å². The highest BCUT2D eigenvalue weighted by atomic mass is 16.5. The second-order valence-electron chi connectivity index (χ2n) is 6.95. The lowest BCUT2D eigenvalue weighted by Crippen LogP contribution is -2.30. The van der Waals surface area contributed by atoms with Crippen molar-refractivity contribution in [1.29, 1.82) is 0 Å². The van der Waals surface area contributed by atoms with Gasteiger partial charge in [-0.1, -0.05) is 32.0 Å². The quantitative estimate of drug-likeness (QED) is 0.381. The average molecular weight is 400 g/mol. The molecule has 3 N–H and O–H groups in total. The lowest BCUT2D eigenvalue weighted by Gasteiger charge is -2.15. The fraction of sp³-hybridized carbons (Fsp3) is 0.368. The molecule has 2 aromatic heterocycles. The van der Waals surface area contributed by atoms with E-state index >= 15 is 0 Å². The van der Waals surface area contributed by atoms with Gasteiger partial charge in [0, 0.05) is 13.3 Å². The number of hydrogen-bond donors (Lipinski definition) is 3. The highest BCUT2D eigenvalue weighted by Gasteiger charge is 2.19. The van der Waals surface area contributed by atoms with Crippen molar-refractivity contribution in [2.24, 2.45) is 18.1 Å². The number of aromatic nitrogens is 4. The van der Waals surface area contributed by atoms with Crippen LogP contribution in [0.4, 0.5) is 5.95 Å². The summed E-state index contributed by atoms with van der Waals surface area (Å²) in [6.45, 7) is 3.96. The van der Waals surface area contributed by atoms with Gasteiger partial charge in [-0.2, -0.15) is 10.1 Å². The summed E-state index contributed by atoms with van der Waals surface area (Å²) in [5.74, 6) is 1.07. The summed E-state index contributed by atoms with van der Waals surface area (Å²) in [5.41, 5.74) is 1.98. The Bertz CT molecular complexity index is 1110. The number of nitrogens with one attached hydrogen (secondary N) is 2. The van der Waals surface area contributed by atoms with E-state index in [0.717, 1.165) is 0 Å². The van der Waals surface area contributed by atoms with Gasteiger partial charge in [0.25, 0.3) is 5.56 Å². The minimum atomic E-state index is -0.932. The van der Waals surface area contributed by atoms with E-state index in [1.807, 2.05) is 32.0 Å². The van der Waals surface area contributed by atoms with Gasteiger partial charge < -0.3 is 14.4 Å². The zero-order chi connectivity index (χ0) is 21.0. The van der Waals surface area contributed by atoms with Crippen LogP contribution in [0.15, 0.2) is 45.0 Å². The molecule has 0 fully saturated rings. The summed E-state index contributed by atoms with van der Waals surface area (Å²) in [6, 6.07) is 9.10. The van der Waals surface area contributed by atoms with Crippen molar-refractivity contribution in [2.75, 3.05) is 12.0 Å². The van der Waals surface area contributed by atoms with Gasteiger partial charge in [-0.15, -0.1) is 0 Å². The van der Waals surface area contributed by atoms with Crippen molar-refractivity contribution in [2.45, 2.75) is 26.5 Å². The number of fused-ring (bicyclic) bond motifs is 1. The van der Waals surface area contributed by atoms with Gasteiger partial charge in [-0.25, -0.2) is 10.2 Å². The first-order valence-corrected chi connectivity index (χ1v) is 9.21. The maximum absolute atomic E-state index is 12.4. The van der Waals surface area contributed by atoms with Crippen molar-refractivity contribution in [3.05, 3.63) is 51.2 Å². The van der Waals surface area contributed by atoms with Crippen molar-refractivity contribution in [1.82, 2.24) is 19.1 Å². The first kappa shape index (κ1) is 20.3. The topological polar surface area (TPSA) is 127 Å². The van der Waals surface area contributed by atoms with Crippen LogP contribution in [-0.4, -0.2) is 43.1 Å². The van der Waals surface area contributed by atoms with Gasteiger partial charge in [0.15, 0.2) is 11.2 Å². The van der Waals surface area contributed by atoms with E-state index in [4.69, 9.17) is 4.74 Å². The van der Waals surface area contributed by atoms with Gasteiger partial charge in [-0.05, 0) is 18.1 Å². The number of benzene rings is 1. The van der Waals surface area contributed by atoms with Crippen molar-refractivity contribution >= 4 is 23.3 Å². The molecule has 154 valence electrons. The van der Waals surface area contributed by atoms with E-state index in [1.54, 1.807) is 18.3 Å². The molecule has 0 aliphatic carbocycles. The molecule has 29 heavy (non-hydrogen) atoms. The van der Waals surface area contributed by atoms with E-state index in [-0.39, 0.29) is 36.2 Å². The average Bonchev–Trinajstić information content (AvgIpc) is 3.04. The highest BCUT2D eigenvalue weighted by molar-refractivity contribution is 5.74. The van der Waals surface area contributed by atoms with Crippen LogP contribution in [-0.2, 0) is 13.6 Å². The van der Waals surface area contributed by atoms with Crippen molar-refractivity contribution in [3.63, 3.8) is 0 Å². The lowest BCUT2D eigenvalue weighted by atomic mass is 10.3. The van der Waals surface area contributed by atoms with Gasteiger partial charge in [-0.3, -0.25) is 14.3 Å². The molecule has 1 aromatic carbocycles. The molecule has 0 bridgehead atoms. The van der Waals surface area contributed by atoms with Gasteiger partial charge in [0.1, 0.15) is 18.5 Å². The zero-order valence-electron chi connectivity index (χ0n) is 16.5. The molecule has 3 rings (SSSR count). The molecule has 2 heterocycles. The number of anilines is 1. The summed E-state index contributed by atoms with van der Waals surface area (Å²) in [7, 11) is 1.51. The smallest absolute Gasteiger partial charge is 0.329 e.